The molecule has 0 aliphatic rings. The van der Waals surface area contributed by atoms with E-state index in [2.05, 4.69) is 20.6 Å². The summed E-state index contributed by atoms with van der Waals surface area (Å²) in [6, 6.07) is 10.2. The van der Waals surface area contributed by atoms with Crippen LogP contribution in [0.15, 0.2) is 53.0 Å². The van der Waals surface area contributed by atoms with Crippen LogP contribution in [0.3, 0.4) is 0 Å². The number of carbonyl (C=O) groups is 2. The van der Waals surface area contributed by atoms with Gasteiger partial charge in [-0.25, -0.2) is 28.0 Å². The number of aliphatic hydroxyl groups excluding tert-OH is 1. The van der Waals surface area contributed by atoms with E-state index in [0.29, 0.717) is 27.4 Å². The number of esters is 1. The first-order valence-corrected chi connectivity index (χ1v) is 15.5. The lowest BCUT2D eigenvalue weighted by molar-refractivity contribution is -0.145. The number of methoxy groups -OCH3 is 1. The largest absolute Gasteiger partial charge is 0.491 e. The highest BCUT2D eigenvalue weighted by molar-refractivity contribution is 7.91. The number of fused-ring (bicyclic) bond motifs is 1. The van der Waals surface area contributed by atoms with Gasteiger partial charge in [-0.1, -0.05) is 31.2 Å². The van der Waals surface area contributed by atoms with Gasteiger partial charge in [-0.15, -0.1) is 16.4 Å². The van der Waals surface area contributed by atoms with Gasteiger partial charge in [-0.05, 0) is 41.8 Å². The fourth-order valence-corrected chi connectivity index (χ4v) is 5.89. The molecule has 2 aromatic carbocycles. The quantitative estimate of drug-likeness (QED) is 0.171. The molecule has 0 fully saturated rings. The molecule has 14 nitrogen and oxygen atoms in total. The maximum absolute atomic E-state index is 13.4. The molecule has 0 saturated heterocycles. The highest BCUT2D eigenvalue weighted by Crippen LogP contribution is 2.28. The molecule has 2 atom stereocenters. The van der Waals surface area contributed by atoms with Crippen LogP contribution in [0.2, 0.25) is 0 Å². The predicted molar refractivity (Wildman–Crippen MR) is 156 cm³/mol. The molecular formula is C27H32N6O8S2. The van der Waals surface area contributed by atoms with Crippen LogP contribution in [0.1, 0.15) is 31.1 Å². The third-order valence-electron chi connectivity index (χ3n) is 6.24. The zero-order valence-electron chi connectivity index (χ0n) is 23.7. The lowest BCUT2D eigenvalue weighted by atomic mass is 10.0. The van der Waals surface area contributed by atoms with Crippen molar-refractivity contribution >= 4 is 43.5 Å². The number of hydrogen-bond acceptors (Lipinski definition) is 12. The number of nitrogens with two attached hydrogens (primary N) is 1. The number of carbonyl (C=O) groups excluding carboxylic acids is 2. The lowest BCUT2D eigenvalue weighted by Crippen LogP contribution is -2.47. The Morgan fingerprint density at radius 2 is 1.84 bits per heavy atom. The smallest absolute Gasteiger partial charge is 0.328 e. The van der Waals surface area contributed by atoms with Gasteiger partial charge >= 0.3 is 5.97 Å². The third-order valence-corrected chi connectivity index (χ3v) is 8.58. The summed E-state index contributed by atoms with van der Waals surface area (Å²) in [6.07, 6.45) is 1.77. The molecule has 4 N–H and O–H groups in total. The summed E-state index contributed by atoms with van der Waals surface area (Å²) < 4.78 is 41.1. The molecule has 4 rings (SSSR count). The standard InChI is InChI=1S/C27H32N6O8S2/c1-16(2)24(25(35)29-22(26(36)39-3)12-17-4-6-19(7-5-17)40-11-10-34)33-14-18(31-32-33)15-41-20-8-9-21-23(13-20)42-27(30-21)43(28,37)38/h4-9,13-14,16,22,24,34H,10-12,15H2,1-3H3,(H,29,35)(H2,28,37,38)/t22-,24-/m0/s1. The van der Waals surface area contributed by atoms with Crippen LogP contribution in [0.4, 0.5) is 0 Å². The highest BCUT2D eigenvalue weighted by atomic mass is 32.2. The second kappa shape index (κ2) is 13.9. The van der Waals surface area contributed by atoms with Gasteiger partial charge in [0.05, 0.1) is 30.1 Å². The molecule has 4 aromatic rings. The Morgan fingerprint density at radius 3 is 2.49 bits per heavy atom. The predicted octanol–water partition coefficient (Wildman–Crippen LogP) is 1.58. The molecule has 0 aliphatic carbocycles. The number of nitrogens with zero attached hydrogens (tertiary/aromatic N) is 4. The SMILES string of the molecule is COC(=O)[C@H](Cc1ccc(OCCO)cc1)NC(=O)[C@H](C(C)C)n1cc(COc2ccc3nc(S(N)(=O)=O)sc3c2)nn1. The van der Waals surface area contributed by atoms with Gasteiger partial charge in [0, 0.05) is 6.42 Å². The fraction of sp³-hybridized carbons (Fsp3) is 0.370. The van der Waals surface area contributed by atoms with E-state index in [1.807, 2.05) is 13.8 Å². The molecule has 0 spiro atoms. The van der Waals surface area contributed by atoms with Gasteiger partial charge in [-0.3, -0.25) is 4.79 Å². The number of sulfonamides is 1. The average molecular weight is 633 g/mol. The molecule has 230 valence electrons. The number of rotatable bonds is 14. The number of aromatic nitrogens is 4. The topological polar surface area (TPSA) is 198 Å². The maximum Gasteiger partial charge on any atom is 0.328 e. The number of ether oxygens (including phenoxy) is 3. The molecule has 43 heavy (non-hydrogen) atoms. The van der Waals surface area contributed by atoms with E-state index in [4.69, 9.17) is 24.5 Å². The first-order valence-electron chi connectivity index (χ1n) is 13.2. The van der Waals surface area contributed by atoms with Crippen molar-refractivity contribution in [3.63, 3.8) is 0 Å². The zero-order chi connectivity index (χ0) is 31.1. The second-order valence-electron chi connectivity index (χ2n) is 9.83. The zero-order valence-corrected chi connectivity index (χ0v) is 25.3. The van der Waals surface area contributed by atoms with Crippen LogP contribution >= 0.6 is 11.3 Å². The third kappa shape index (κ3) is 8.25. The van der Waals surface area contributed by atoms with Crippen molar-refractivity contribution in [3.8, 4) is 11.5 Å². The summed E-state index contributed by atoms with van der Waals surface area (Å²) in [5, 5.41) is 25.1. The Kier molecular flexibility index (Phi) is 10.3. The Bertz CT molecular complexity index is 1670. The molecule has 0 unspecified atom stereocenters. The summed E-state index contributed by atoms with van der Waals surface area (Å²) in [4.78, 5) is 30.0. The fourth-order valence-electron chi connectivity index (χ4n) is 4.21. The number of benzene rings is 2. The number of thiazole rings is 1. The maximum atomic E-state index is 13.4. The van der Waals surface area contributed by atoms with E-state index in [-0.39, 0.29) is 36.5 Å². The van der Waals surface area contributed by atoms with Crippen molar-refractivity contribution in [1.29, 1.82) is 0 Å². The second-order valence-corrected chi connectivity index (χ2v) is 12.6. The van der Waals surface area contributed by atoms with Gasteiger partial charge in [-0.2, -0.15) is 0 Å². The Balaban J connectivity index is 1.42. The van der Waals surface area contributed by atoms with Crippen LogP contribution in [-0.2, 0) is 37.4 Å². The number of nitrogens with one attached hydrogen (secondary N) is 1. The molecule has 1 amide bonds. The van der Waals surface area contributed by atoms with E-state index >= 15 is 0 Å². The molecular weight excluding hydrogens is 600 g/mol. The van der Waals surface area contributed by atoms with Gasteiger partial charge < -0.3 is 24.6 Å². The number of aliphatic hydroxyl groups is 1. The van der Waals surface area contributed by atoms with Crippen LogP contribution in [0, 0.1) is 5.92 Å². The van der Waals surface area contributed by atoms with Gasteiger partial charge in [0.2, 0.25) is 10.2 Å². The summed E-state index contributed by atoms with van der Waals surface area (Å²) in [5.41, 5.74) is 1.69. The van der Waals surface area contributed by atoms with E-state index < -0.39 is 34.0 Å². The minimum Gasteiger partial charge on any atom is -0.491 e. The van der Waals surface area contributed by atoms with E-state index in [1.54, 1.807) is 48.7 Å². The van der Waals surface area contributed by atoms with Crippen LogP contribution < -0.4 is 19.9 Å². The van der Waals surface area contributed by atoms with Gasteiger partial charge in [0.15, 0.2) is 0 Å². The van der Waals surface area contributed by atoms with Crippen molar-refractivity contribution in [2.45, 2.75) is 43.3 Å². The molecule has 16 heteroatoms. The van der Waals surface area contributed by atoms with E-state index in [0.717, 1.165) is 16.9 Å². The molecule has 0 aliphatic heterocycles. The minimum absolute atomic E-state index is 0.0294. The molecule has 0 saturated carbocycles. The monoisotopic (exact) mass is 632 g/mol. The normalized spacial score (nSPS) is 13.1. The van der Waals surface area contributed by atoms with Crippen molar-refractivity contribution in [2.75, 3.05) is 20.3 Å². The van der Waals surface area contributed by atoms with Crippen molar-refractivity contribution < 1.29 is 37.3 Å². The average Bonchev–Trinajstić information content (AvgIpc) is 3.62. The molecule has 0 radical (unpaired) electrons. The number of amides is 1. The first kappa shape index (κ1) is 31.8. The van der Waals surface area contributed by atoms with Crippen LogP contribution in [0.25, 0.3) is 10.2 Å². The molecule has 2 aromatic heterocycles. The van der Waals surface area contributed by atoms with Crippen molar-refractivity contribution in [1.82, 2.24) is 25.3 Å². The van der Waals surface area contributed by atoms with Crippen molar-refractivity contribution in [3.05, 3.63) is 59.9 Å². The Hall–Kier alpha value is -4.12. The summed E-state index contributed by atoms with van der Waals surface area (Å²) in [7, 11) is -2.66. The summed E-state index contributed by atoms with van der Waals surface area (Å²) in [5.74, 6) is -0.218. The number of primary sulfonamides is 1. The minimum atomic E-state index is -3.91. The highest BCUT2D eigenvalue weighted by Gasteiger charge is 2.30. The summed E-state index contributed by atoms with van der Waals surface area (Å²) >= 11 is 0.939. The van der Waals surface area contributed by atoms with Crippen molar-refractivity contribution in [2.24, 2.45) is 11.1 Å². The Morgan fingerprint density at radius 1 is 1.12 bits per heavy atom. The lowest BCUT2D eigenvalue weighted by Gasteiger charge is -2.23. The molecule has 2 heterocycles. The Labute approximate surface area is 251 Å². The number of hydrogen-bond donors (Lipinski definition) is 3. The van der Waals surface area contributed by atoms with E-state index in [9.17, 15) is 18.0 Å². The first-order chi connectivity index (χ1) is 20.5. The summed E-state index contributed by atoms with van der Waals surface area (Å²) in [6.45, 7) is 3.79. The molecule has 0 bridgehead atoms. The van der Waals surface area contributed by atoms with Gasteiger partial charge in [0.1, 0.15) is 42.5 Å². The van der Waals surface area contributed by atoms with Gasteiger partial charge in [0.25, 0.3) is 10.0 Å². The van der Waals surface area contributed by atoms with Crippen LogP contribution in [-0.4, -0.2) is 71.7 Å². The van der Waals surface area contributed by atoms with Crippen LogP contribution in [0.5, 0.6) is 11.5 Å². The van der Waals surface area contributed by atoms with E-state index in [1.165, 1.54) is 11.8 Å².